The van der Waals surface area contributed by atoms with E-state index >= 15 is 0 Å². The molecular formula is C115H102F6Ir7N7O8-7. The van der Waals surface area contributed by atoms with Crippen molar-refractivity contribution in [1.29, 1.82) is 0 Å². The topological polar surface area (TPSA) is 239 Å². The predicted molar refractivity (Wildman–Crippen MR) is 526 cm³/mol. The zero-order valence-corrected chi connectivity index (χ0v) is 95.7. The third-order valence-corrected chi connectivity index (χ3v) is 17.4. The van der Waals surface area contributed by atoms with Gasteiger partial charge >= 0.3 is 12.4 Å². The summed E-state index contributed by atoms with van der Waals surface area (Å²) in [7, 11) is 0. The summed E-state index contributed by atoms with van der Waals surface area (Å²) in [4.78, 5) is 73.0. The van der Waals surface area contributed by atoms with E-state index in [0.717, 1.165) is 84.5 Å². The number of aryl methyl sites for hydroxylation is 2. The van der Waals surface area contributed by atoms with Crippen molar-refractivity contribution in [2.75, 3.05) is 0 Å². The van der Waals surface area contributed by atoms with Gasteiger partial charge in [-0.2, -0.15) is 26.3 Å². The number of aliphatic hydroxyl groups excluding tert-OH is 4. The Bertz CT molecular complexity index is 5580. The molecule has 16 rings (SSSR count). The van der Waals surface area contributed by atoms with Crippen LogP contribution in [0.3, 0.4) is 0 Å². The van der Waals surface area contributed by atoms with Gasteiger partial charge in [0.15, 0.2) is 17.3 Å². The molecule has 28 heteroatoms. The minimum absolute atomic E-state index is 0. The molecule has 0 atom stereocenters. The number of carbonyl (C=O) groups excluding carboxylic acids is 4. The van der Waals surface area contributed by atoms with Gasteiger partial charge in [0.25, 0.3) is 5.78 Å². The zero-order valence-electron chi connectivity index (χ0n) is 78.9. The van der Waals surface area contributed by atoms with Crippen LogP contribution in [0, 0.1) is 67.1 Å². The number of rotatable bonds is 13. The van der Waals surface area contributed by atoms with Crippen molar-refractivity contribution in [2.45, 2.75) is 81.6 Å². The molecule has 7 radical (unpaired) electrons. The number of allylic oxidation sites excluding steroid dienone is 7. The van der Waals surface area contributed by atoms with Crippen molar-refractivity contribution < 1.29 is 207 Å². The molecule has 15 nitrogen and oxygen atoms in total. The normalized spacial score (nSPS) is 10.4. The summed E-state index contributed by atoms with van der Waals surface area (Å²) in [5.74, 6) is -5.51. The smallest absolute Gasteiger partial charge is 0.454 e. The largest absolute Gasteiger partial charge is 0.512 e. The van der Waals surface area contributed by atoms with Crippen molar-refractivity contribution in [2.24, 2.45) is 10.8 Å². The Kier molecular flexibility index (Phi) is 68.0. The van der Waals surface area contributed by atoms with Crippen LogP contribution in [0.25, 0.3) is 84.6 Å². The fourth-order valence-corrected chi connectivity index (χ4v) is 10.4. The number of hydrogen-bond acceptors (Lipinski definition) is 15. The molecule has 0 aliphatic rings. The van der Waals surface area contributed by atoms with Gasteiger partial charge in [0.05, 0.1) is 5.76 Å². The second-order valence-corrected chi connectivity index (χ2v) is 30.7. The first kappa shape index (κ1) is 133. The summed E-state index contributed by atoms with van der Waals surface area (Å²) >= 11 is 0. The Morgan fingerprint density at radius 2 is 0.559 bits per heavy atom. The van der Waals surface area contributed by atoms with Crippen molar-refractivity contribution in [3.63, 3.8) is 0 Å². The number of hydrogen-bond donors (Lipinski definition) is 4. The van der Waals surface area contributed by atoms with E-state index in [0.29, 0.717) is 11.1 Å². The number of halogens is 6. The summed E-state index contributed by atoms with van der Waals surface area (Å²) in [5.41, 5.74) is 16.8. The van der Waals surface area contributed by atoms with Gasteiger partial charge in [-0.05, 0) is 110 Å². The standard InChI is InChI=1S/C15H12O2.2C12H10N.5C11H8N.C11H20O2.C5H2F6O2.C5H8O2.7Ir/c16-14(12-7-3-1-4-8-12)11-15(17)13-9-5-2-6-10-13;1-10-6-5-9-12(13-10)11-7-3-2-4-8-11;1-10-7-8-12(13-9-10)11-5-3-2-4-6-11;5*1-2-6-10(7-3-1)11-8-4-5-9-12-11;1-10(2,3)8(12)7-9(13)11(4,5)6;6-4(7,8)2(12)1-3(13)5(9,10)11;1-4(6)3-5(2)7;;;;;;;/h1-11,16H;2-7,9H,1H3;2-5,7-9H,1H3;5*1-6,8-9H;7,12H,1-6H3;1,12H;3,6H,1-2H3;;;;;;;/q;7*-1;;;;;;;;;;. The molecular weight excluding hydrogens is 3070 g/mol. The SMILES string of the molecule is CC(=O)C=C(C)O.CC(C)(C)C(=O)C=C(O)C(C)(C)C.Cc1ccc(-c2[c-]cccc2)nc1.Cc1cccc(-c2[c-]cccc2)n1.O=C(C=C(O)C(F)(F)F)C(F)(F)F.O=C(C=C(O)c1ccccc1)c1ccccc1.[Ir].[Ir].[Ir].[Ir].[Ir].[Ir].[Ir].[c-]1ccccc1-c1ccccn1.[c-]1ccccc1-c1ccccn1.[c-]1ccccc1-c1ccccn1.[c-]1ccccc1-c1ccccn1.[c-]1ccccc1-c1ccccn1. The second-order valence-electron chi connectivity index (χ2n) is 30.7. The van der Waals surface area contributed by atoms with Crippen LogP contribution in [0.15, 0.2) is 431 Å². The van der Waals surface area contributed by atoms with Gasteiger partial charge in [0, 0.05) is 230 Å². The maximum Gasteiger partial charge on any atom is 0.454 e. The van der Waals surface area contributed by atoms with Gasteiger partial charge in [-0.1, -0.05) is 187 Å². The molecule has 7 heterocycles. The molecule has 0 saturated carbocycles. The fourth-order valence-electron chi connectivity index (χ4n) is 10.4. The minimum Gasteiger partial charge on any atom is -0.512 e. The summed E-state index contributed by atoms with van der Waals surface area (Å²) in [5, 5.41) is 35.7. The molecule has 0 aliphatic heterocycles. The first-order valence-electron chi connectivity index (χ1n) is 42.2. The molecule has 0 unspecified atom stereocenters. The third kappa shape index (κ3) is 55.4. The Labute approximate surface area is 928 Å². The van der Waals surface area contributed by atoms with E-state index in [1.165, 1.54) is 37.6 Å². The molecule has 0 fully saturated rings. The Morgan fingerprint density at radius 1 is 0.280 bits per heavy atom. The number of pyridine rings is 7. The number of nitrogens with zero attached hydrogens (tertiary/aromatic N) is 7. The van der Waals surface area contributed by atoms with Crippen molar-refractivity contribution in [3.8, 4) is 78.8 Å². The average molecular weight is 3170 g/mol. The van der Waals surface area contributed by atoms with E-state index in [1.54, 1.807) is 67.4 Å². The van der Waals surface area contributed by atoms with E-state index in [-0.39, 0.29) is 181 Å². The summed E-state index contributed by atoms with van der Waals surface area (Å²) < 4.78 is 68.1. The van der Waals surface area contributed by atoms with Crippen LogP contribution >= 0.6 is 0 Å². The summed E-state index contributed by atoms with van der Waals surface area (Å²) in [6.07, 6.45) is 2.87. The van der Waals surface area contributed by atoms with Crippen molar-refractivity contribution in [3.05, 3.63) is 495 Å². The van der Waals surface area contributed by atoms with Crippen molar-refractivity contribution in [1.82, 2.24) is 34.9 Å². The summed E-state index contributed by atoms with van der Waals surface area (Å²) in [6.45, 7) is 18.0. The molecule has 7 aromatic heterocycles. The molecule has 0 aliphatic carbocycles. The van der Waals surface area contributed by atoms with Crippen LogP contribution in [0.4, 0.5) is 26.3 Å². The molecule has 143 heavy (non-hydrogen) atoms. The quantitative estimate of drug-likeness (QED) is 0.0276. The van der Waals surface area contributed by atoms with E-state index < -0.39 is 35.4 Å². The van der Waals surface area contributed by atoms with E-state index in [1.807, 2.05) is 371 Å². The third-order valence-electron chi connectivity index (χ3n) is 17.4. The number of ketones is 4. The van der Waals surface area contributed by atoms with Crippen LogP contribution in [0.2, 0.25) is 0 Å². The van der Waals surface area contributed by atoms with Gasteiger partial charge < -0.3 is 55.3 Å². The van der Waals surface area contributed by atoms with Gasteiger partial charge in [0.2, 0.25) is 5.76 Å². The molecule has 0 saturated heterocycles. The molecule has 4 N–H and O–H groups in total. The average Bonchev–Trinajstić information content (AvgIpc) is 0.846. The predicted octanol–water partition coefficient (Wildman–Crippen LogP) is 28.2. The molecule has 0 spiro atoms. The number of benzene rings is 9. The number of aromatic nitrogens is 7. The molecule has 0 amide bonds. The molecule has 9 aromatic carbocycles. The number of aliphatic hydroxyl groups is 4. The van der Waals surface area contributed by atoms with Crippen LogP contribution in [0.5, 0.6) is 0 Å². The first-order valence-corrected chi connectivity index (χ1v) is 42.2. The second kappa shape index (κ2) is 73.1. The van der Waals surface area contributed by atoms with Gasteiger partial charge in [-0.3, -0.25) is 19.2 Å². The summed E-state index contributed by atoms with van der Waals surface area (Å²) in [6, 6.07) is 134. The number of carbonyl (C=O) groups is 4. The maximum absolute atomic E-state index is 11.8. The van der Waals surface area contributed by atoms with E-state index in [4.69, 9.17) is 10.2 Å². The molecule has 0 bridgehead atoms. The Morgan fingerprint density at radius 3 is 0.790 bits per heavy atom. The monoisotopic (exact) mass is 3170 g/mol. The van der Waals surface area contributed by atoms with E-state index in [9.17, 15) is 55.7 Å². The number of alkyl halides is 6. The van der Waals surface area contributed by atoms with Crippen molar-refractivity contribution >= 4 is 28.9 Å². The van der Waals surface area contributed by atoms with Crippen LogP contribution in [-0.4, -0.2) is 90.8 Å². The van der Waals surface area contributed by atoms with Crippen LogP contribution in [0.1, 0.15) is 82.6 Å². The van der Waals surface area contributed by atoms with E-state index in [2.05, 4.69) is 83.4 Å². The van der Waals surface area contributed by atoms with Crippen LogP contribution < -0.4 is 0 Å². The van der Waals surface area contributed by atoms with Crippen LogP contribution in [-0.2, 0) is 155 Å². The molecule has 757 valence electrons. The molecule has 16 aromatic rings. The zero-order chi connectivity index (χ0) is 99.0. The van der Waals surface area contributed by atoms with Gasteiger partial charge in [0.1, 0.15) is 11.5 Å². The Hall–Kier alpha value is -12.0. The van der Waals surface area contributed by atoms with Gasteiger partial charge in [-0.25, -0.2) is 0 Å². The maximum atomic E-state index is 11.8. The minimum atomic E-state index is -5.42. The fraction of sp³-hybridized carbons (Fsp3) is 0.122. The Balaban J connectivity index is 0. The first-order chi connectivity index (χ1) is 65.0. The van der Waals surface area contributed by atoms with Gasteiger partial charge in [-0.15, -0.1) is 251 Å².